The van der Waals surface area contributed by atoms with Gasteiger partial charge >= 0.3 is 0 Å². The Kier molecular flexibility index (Phi) is 5.35. The molecule has 0 aliphatic rings. The van der Waals surface area contributed by atoms with E-state index in [1.54, 1.807) is 0 Å². The maximum absolute atomic E-state index is 10.8. The van der Waals surface area contributed by atoms with Crippen molar-refractivity contribution in [3.63, 3.8) is 0 Å². The maximum atomic E-state index is 10.8. The molecule has 0 atom stereocenters. The highest BCUT2D eigenvalue weighted by Crippen LogP contribution is 2.20. The van der Waals surface area contributed by atoms with Crippen LogP contribution in [0.2, 0.25) is 0 Å². The number of hydrogen-bond donors (Lipinski definition) is 3. The van der Waals surface area contributed by atoms with Crippen molar-refractivity contribution in [1.29, 1.82) is 0 Å². The van der Waals surface area contributed by atoms with Crippen molar-refractivity contribution >= 4 is 17.5 Å². The average molecular weight is 251 g/mol. The normalized spacial score (nSPS) is 10.2. The van der Waals surface area contributed by atoms with Gasteiger partial charge in [-0.2, -0.15) is 0 Å². The molecule has 1 rings (SSSR count). The largest absolute Gasteiger partial charge is 0.370 e. The molecule has 0 fully saturated rings. The van der Waals surface area contributed by atoms with Gasteiger partial charge in [0.15, 0.2) is 0 Å². The predicted octanol–water partition coefficient (Wildman–Crippen LogP) is 1.07. The fourth-order valence-corrected chi connectivity index (χ4v) is 1.58. The first-order chi connectivity index (χ1) is 8.58. The smallest absolute Gasteiger partial charge is 0.236 e. The maximum Gasteiger partial charge on any atom is 0.236 e. The van der Waals surface area contributed by atoms with Crippen LogP contribution in [-0.2, 0) is 11.2 Å². The average Bonchev–Trinajstić information content (AvgIpc) is 2.32. The predicted molar refractivity (Wildman–Crippen MR) is 72.6 cm³/mol. The van der Waals surface area contributed by atoms with E-state index in [1.165, 1.54) is 0 Å². The minimum atomic E-state index is -0.407. The Labute approximate surface area is 107 Å². The van der Waals surface area contributed by atoms with E-state index in [-0.39, 0.29) is 6.54 Å². The zero-order chi connectivity index (χ0) is 13.5. The molecule has 0 spiro atoms. The Balaban J connectivity index is 3.01. The van der Waals surface area contributed by atoms with Gasteiger partial charge in [0, 0.05) is 18.5 Å². The standard InChI is InChI=1S/C12H21N5O/c1-4-6-10-16-11(14-5-2)8(3)12(17-10)15-7-9(13)18/h4-7H2,1-3H3,(H2,13,18)(H2,14,15,16,17). The fraction of sp³-hybridized carbons (Fsp3) is 0.583. The summed E-state index contributed by atoms with van der Waals surface area (Å²) in [5.74, 6) is 1.84. The van der Waals surface area contributed by atoms with Crippen molar-refractivity contribution < 1.29 is 4.79 Å². The molecule has 0 aliphatic heterocycles. The molecule has 1 aromatic rings. The number of aromatic nitrogens is 2. The van der Waals surface area contributed by atoms with E-state index in [2.05, 4.69) is 27.5 Å². The number of anilines is 2. The van der Waals surface area contributed by atoms with Crippen LogP contribution < -0.4 is 16.4 Å². The number of amides is 1. The first kappa shape index (κ1) is 14.2. The quantitative estimate of drug-likeness (QED) is 0.674. The van der Waals surface area contributed by atoms with E-state index < -0.39 is 5.91 Å². The van der Waals surface area contributed by atoms with Crippen molar-refractivity contribution in [3.8, 4) is 0 Å². The second kappa shape index (κ2) is 6.78. The molecule has 0 radical (unpaired) electrons. The zero-order valence-electron chi connectivity index (χ0n) is 11.2. The van der Waals surface area contributed by atoms with E-state index in [0.29, 0.717) is 5.82 Å². The van der Waals surface area contributed by atoms with Gasteiger partial charge in [-0.05, 0) is 20.3 Å². The molecule has 0 aromatic carbocycles. The van der Waals surface area contributed by atoms with Gasteiger partial charge in [0.25, 0.3) is 0 Å². The molecule has 4 N–H and O–H groups in total. The van der Waals surface area contributed by atoms with Crippen LogP contribution in [0.5, 0.6) is 0 Å². The van der Waals surface area contributed by atoms with Crippen LogP contribution in [0.15, 0.2) is 0 Å². The van der Waals surface area contributed by atoms with Crippen molar-refractivity contribution in [1.82, 2.24) is 9.97 Å². The molecular formula is C12H21N5O. The summed E-state index contributed by atoms with van der Waals surface area (Å²) in [5, 5.41) is 6.14. The number of primary amides is 1. The molecule has 6 heteroatoms. The monoisotopic (exact) mass is 251 g/mol. The number of nitrogens with one attached hydrogen (secondary N) is 2. The number of carbonyl (C=O) groups excluding carboxylic acids is 1. The van der Waals surface area contributed by atoms with Crippen LogP contribution in [0.4, 0.5) is 11.6 Å². The summed E-state index contributed by atoms with van der Waals surface area (Å²) in [5.41, 5.74) is 6.02. The minimum Gasteiger partial charge on any atom is -0.370 e. The van der Waals surface area contributed by atoms with Crippen molar-refractivity contribution in [3.05, 3.63) is 11.4 Å². The fourth-order valence-electron chi connectivity index (χ4n) is 1.58. The highest BCUT2D eigenvalue weighted by Gasteiger charge is 2.10. The summed E-state index contributed by atoms with van der Waals surface area (Å²) >= 11 is 0. The van der Waals surface area contributed by atoms with Gasteiger partial charge in [-0.25, -0.2) is 9.97 Å². The highest BCUT2D eigenvalue weighted by molar-refractivity contribution is 5.79. The van der Waals surface area contributed by atoms with Gasteiger partial charge in [-0.15, -0.1) is 0 Å². The van der Waals surface area contributed by atoms with E-state index in [1.807, 2.05) is 13.8 Å². The lowest BCUT2D eigenvalue weighted by Gasteiger charge is -2.13. The summed E-state index contributed by atoms with van der Waals surface area (Å²) in [6.07, 6.45) is 1.79. The lowest BCUT2D eigenvalue weighted by Crippen LogP contribution is -2.23. The highest BCUT2D eigenvalue weighted by atomic mass is 16.1. The third-order valence-corrected chi connectivity index (χ3v) is 2.44. The van der Waals surface area contributed by atoms with Gasteiger partial charge < -0.3 is 16.4 Å². The van der Waals surface area contributed by atoms with Crippen LogP contribution in [0.3, 0.4) is 0 Å². The molecule has 0 bridgehead atoms. The Bertz CT molecular complexity index is 419. The van der Waals surface area contributed by atoms with Crippen molar-refractivity contribution in [2.45, 2.75) is 33.6 Å². The third kappa shape index (κ3) is 3.87. The van der Waals surface area contributed by atoms with Gasteiger partial charge in [0.1, 0.15) is 17.5 Å². The zero-order valence-corrected chi connectivity index (χ0v) is 11.2. The number of nitrogens with two attached hydrogens (primary N) is 1. The first-order valence-electron chi connectivity index (χ1n) is 6.22. The van der Waals surface area contributed by atoms with Crippen molar-refractivity contribution in [2.24, 2.45) is 5.73 Å². The molecule has 1 aromatic heterocycles. The molecule has 100 valence electrons. The first-order valence-corrected chi connectivity index (χ1v) is 6.22. The van der Waals surface area contributed by atoms with Gasteiger partial charge in [0.2, 0.25) is 5.91 Å². The van der Waals surface area contributed by atoms with E-state index in [4.69, 9.17) is 5.73 Å². The molecule has 0 saturated carbocycles. The molecule has 1 amide bonds. The van der Waals surface area contributed by atoms with Crippen LogP contribution >= 0.6 is 0 Å². The number of carbonyl (C=O) groups is 1. The molecular weight excluding hydrogens is 230 g/mol. The number of aryl methyl sites for hydroxylation is 1. The Morgan fingerprint density at radius 3 is 2.33 bits per heavy atom. The summed E-state index contributed by atoms with van der Waals surface area (Å²) in [7, 11) is 0. The molecule has 0 saturated heterocycles. The molecule has 18 heavy (non-hydrogen) atoms. The second-order valence-corrected chi connectivity index (χ2v) is 4.06. The minimum absolute atomic E-state index is 0.0784. The number of rotatable bonds is 7. The van der Waals surface area contributed by atoms with E-state index in [0.717, 1.165) is 36.6 Å². The molecule has 6 nitrogen and oxygen atoms in total. The summed E-state index contributed by atoms with van der Waals surface area (Å²) < 4.78 is 0. The Hall–Kier alpha value is -1.85. The second-order valence-electron chi connectivity index (χ2n) is 4.06. The summed E-state index contributed by atoms with van der Waals surface area (Å²) in [6.45, 7) is 6.87. The summed E-state index contributed by atoms with van der Waals surface area (Å²) in [6, 6.07) is 0. The third-order valence-electron chi connectivity index (χ3n) is 2.44. The van der Waals surface area contributed by atoms with Gasteiger partial charge in [0.05, 0.1) is 6.54 Å². The molecule has 1 heterocycles. The molecule has 0 unspecified atom stereocenters. The van der Waals surface area contributed by atoms with E-state index in [9.17, 15) is 4.79 Å². The SMILES string of the molecule is CCCc1nc(NCC)c(C)c(NCC(N)=O)n1. The molecule has 0 aliphatic carbocycles. The lowest BCUT2D eigenvalue weighted by atomic mass is 10.2. The van der Waals surface area contributed by atoms with Crippen molar-refractivity contribution in [2.75, 3.05) is 23.7 Å². The number of hydrogen-bond acceptors (Lipinski definition) is 5. The number of nitrogens with zero attached hydrogens (tertiary/aromatic N) is 2. The van der Waals surface area contributed by atoms with E-state index >= 15 is 0 Å². The van der Waals surface area contributed by atoms with Crippen LogP contribution in [-0.4, -0.2) is 29.0 Å². The summed E-state index contributed by atoms with van der Waals surface area (Å²) in [4.78, 5) is 19.7. The van der Waals surface area contributed by atoms with Gasteiger partial charge in [-0.3, -0.25) is 4.79 Å². The Morgan fingerprint density at radius 1 is 1.22 bits per heavy atom. The topological polar surface area (TPSA) is 92.9 Å². The lowest BCUT2D eigenvalue weighted by molar-refractivity contribution is -0.116. The van der Waals surface area contributed by atoms with Crippen LogP contribution in [0, 0.1) is 6.92 Å². The van der Waals surface area contributed by atoms with Crippen LogP contribution in [0.1, 0.15) is 31.7 Å². The van der Waals surface area contributed by atoms with Gasteiger partial charge in [-0.1, -0.05) is 6.92 Å². The van der Waals surface area contributed by atoms with Crippen LogP contribution in [0.25, 0.3) is 0 Å². The Morgan fingerprint density at radius 2 is 1.83 bits per heavy atom.